The van der Waals surface area contributed by atoms with Gasteiger partial charge in [0.1, 0.15) is 0 Å². The van der Waals surface area contributed by atoms with E-state index in [1.165, 1.54) is 0 Å². The van der Waals surface area contributed by atoms with E-state index in [4.69, 9.17) is 9.47 Å². The van der Waals surface area contributed by atoms with Crippen molar-refractivity contribution in [2.75, 3.05) is 51.8 Å². The number of hydrogen-bond donors (Lipinski definition) is 1. The predicted octanol–water partition coefficient (Wildman–Crippen LogP) is 1.83. The third kappa shape index (κ3) is 6.58. The maximum Gasteiger partial charge on any atom is 0.238 e. The summed E-state index contributed by atoms with van der Waals surface area (Å²) in [7, 11) is 1.61. The summed E-state index contributed by atoms with van der Waals surface area (Å²) in [5.74, 6) is -0.126. The van der Waals surface area contributed by atoms with Crippen LogP contribution in [0.25, 0.3) is 0 Å². The van der Waals surface area contributed by atoms with Crippen LogP contribution in [0, 0.1) is 13.8 Å². The Balaban J connectivity index is 1.97. The molecule has 156 valence electrons. The summed E-state index contributed by atoms with van der Waals surface area (Å²) in [6.07, 6.45) is 0.0421. The van der Waals surface area contributed by atoms with Crippen molar-refractivity contribution in [1.82, 2.24) is 9.80 Å². The molecule has 0 saturated carbocycles. The van der Waals surface area contributed by atoms with Crippen LogP contribution < -0.4 is 5.32 Å². The molecule has 1 aliphatic rings. The van der Waals surface area contributed by atoms with Crippen molar-refractivity contribution in [3.63, 3.8) is 0 Å². The van der Waals surface area contributed by atoms with Crippen LogP contribution in [0.1, 0.15) is 25.0 Å². The number of aryl methyl sites for hydroxylation is 1. The zero-order valence-electron chi connectivity index (χ0n) is 17.7. The minimum absolute atomic E-state index is 0.0117. The first kappa shape index (κ1) is 22.3. The summed E-state index contributed by atoms with van der Waals surface area (Å²) in [6.45, 7) is 10.4. The lowest BCUT2D eigenvalue weighted by atomic mass is 10.1. The number of morpholine rings is 1. The number of carbonyl (C=O) groups excluding carboxylic acids is 2. The SMILES string of the molecule is COCCN(CC(=O)Nc1cccc(C)c1C)CC(=O)N1CC(C)OC(C)C1. The second-order valence-corrected chi connectivity index (χ2v) is 7.56. The Morgan fingerprint density at radius 1 is 1.21 bits per heavy atom. The van der Waals surface area contributed by atoms with Crippen molar-refractivity contribution < 1.29 is 19.1 Å². The Hall–Kier alpha value is -1.96. The van der Waals surface area contributed by atoms with Crippen molar-refractivity contribution >= 4 is 17.5 Å². The minimum atomic E-state index is -0.138. The molecule has 0 aromatic heterocycles. The zero-order chi connectivity index (χ0) is 20.7. The highest BCUT2D eigenvalue weighted by Crippen LogP contribution is 2.18. The van der Waals surface area contributed by atoms with E-state index in [0.29, 0.717) is 26.2 Å². The Morgan fingerprint density at radius 2 is 1.89 bits per heavy atom. The monoisotopic (exact) mass is 391 g/mol. The molecule has 0 spiro atoms. The molecule has 2 atom stereocenters. The molecular weight excluding hydrogens is 358 g/mol. The number of benzene rings is 1. The van der Waals surface area contributed by atoms with E-state index in [1.54, 1.807) is 7.11 Å². The lowest BCUT2D eigenvalue weighted by Gasteiger charge is -2.36. The summed E-state index contributed by atoms with van der Waals surface area (Å²) in [5.41, 5.74) is 2.98. The number of amides is 2. The number of carbonyl (C=O) groups is 2. The highest BCUT2D eigenvalue weighted by atomic mass is 16.5. The van der Waals surface area contributed by atoms with Gasteiger partial charge in [0.05, 0.1) is 31.9 Å². The summed E-state index contributed by atoms with van der Waals surface area (Å²) in [6, 6.07) is 5.82. The molecule has 7 heteroatoms. The third-order valence-electron chi connectivity index (χ3n) is 4.99. The van der Waals surface area contributed by atoms with Gasteiger partial charge >= 0.3 is 0 Å². The molecule has 1 fully saturated rings. The van der Waals surface area contributed by atoms with Gasteiger partial charge in [-0.1, -0.05) is 12.1 Å². The molecule has 1 heterocycles. The molecule has 1 aromatic carbocycles. The fraction of sp³-hybridized carbons (Fsp3) is 0.619. The lowest BCUT2D eigenvalue weighted by molar-refractivity contribution is -0.144. The number of methoxy groups -OCH3 is 1. The normalized spacial score (nSPS) is 19.7. The molecule has 1 saturated heterocycles. The van der Waals surface area contributed by atoms with Gasteiger partial charge in [-0.2, -0.15) is 0 Å². The van der Waals surface area contributed by atoms with Crippen molar-refractivity contribution in [3.05, 3.63) is 29.3 Å². The fourth-order valence-electron chi connectivity index (χ4n) is 3.39. The van der Waals surface area contributed by atoms with Crippen LogP contribution in [0.5, 0.6) is 0 Å². The number of rotatable bonds is 8. The van der Waals surface area contributed by atoms with Crippen LogP contribution >= 0.6 is 0 Å². The quantitative estimate of drug-likeness (QED) is 0.732. The van der Waals surface area contributed by atoms with E-state index >= 15 is 0 Å². The topological polar surface area (TPSA) is 71.1 Å². The second-order valence-electron chi connectivity index (χ2n) is 7.56. The molecule has 1 aliphatic heterocycles. The minimum Gasteiger partial charge on any atom is -0.383 e. The highest BCUT2D eigenvalue weighted by Gasteiger charge is 2.27. The Morgan fingerprint density at radius 3 is 2.54 bits per heavy atom. The molecule has 1 N–H and O–H groups in total. The molecule has 2 rings (SSSR count). The van der Waals surface area contributed by atoms with E-state index < -0.39 is 0 Å². The zero-order valence-corrected chi connectivity index (χ0v) is 17.7. The average Bonchev–Trinajstić information content (AvgIpc) is 2.62. The molecule has 7 nitrogen and oxygen atoms in total. The van der Waals surface area contributed by atoms with Crippen LogP contribution in [0.3, 0.4) is 0 Å². The molecule has 0 radical (unpaired) electrons. The summed E-state index contributed by atoms with van der Waals surface area (Å²) < 4.78 is 10.8. The summed E-state index contributed by atoms with van der Waals surface area (Å²) in [4.78, 5) is 29.0. The van der Waals surface area contributed by atoms with Crippen LogP contribution in [-0.2, 0) is 19.1 Å². The van der Waals surface area contributed by atoms with Crippen LogP contribution in [-0.4, -0.2) is 80.3 Å². The fourth-order valence-corrected chi connectivity index (χ4v) is 3.39. The molecular formula is C21H33N3O4. The van der Waals surface area contributed by atoms with Gasteiger partial charge in [0.15, 0.2) is 0 Å². The van der Waals surface area contributed by atoms with Gasteiger partial charge < -0.3 is 19.7 Å². The van der Waals surface area contributed by atoms with Gasteiger partial charge in [-0.05, 0) is 44.9 Å². The third-order valence-corrected chi connectivity index (χ3v) is 4.99. The standard InChI is InChI=1S/C21H33N3O4/c1-15-7-6-8-19(18(15)4)22-20(25)13-23(9-10-27-5)14-21(26)24-11-16(2)28-17(3)12-24/h6-8,16-17H,9-14H2,1-5H3,(H,22,25). The van der Waals surface area contributed by atoms with Crippen molar-refractivity contribution in [2.24, 2.45) is 0 Å². The number of nitrogens with one attached hydrogen (secondary N) is 1. The van der Waals surface area contributed by atoms with Crippen LogP contribution in [0.4, 0.5) is 5.69 Å². The van der Waals surface area contributed by atoms with Crippen LogP contribution in [0.15, 0.2) is 18.2 Å². The van der Waals surface area contributed by atoms with E-state index in [9.17, 15) is 9.59 Å². The number of nitrogens with zero attached hydrogens (tertiary/aromatic N) is 2. The van der Waals surface area contributed by atoms with E-state index in [1.807, 2.05) is 55.7 Å². The van der Waals surface area contributed by atoms with Gasteiger partial charge in [0.25, 0.3) is 0 Å². The van der Waals surface area contributed by atoms with Crippen molar-refractivity contribution in [1.29, 1.82) is 0 Å². The predicted molar refractivity (Wildman–Crippen MR) is 109 cm³/mol. The average molecular weight is 392 g/mol. The Labute approximate surface area is 168 Å². The van der Waals surface area contributed by atoms with Crippen LogP contribution in [0.2, 0.25) is 0 Å². The number of hydrogen-bond acceptors (Lipinski definition) is 5. The molecule has 0 aliphatic carbocycles. The maximum absolute atomic E-state index is 12.8. The number of anilines is 1. The second kappa shape index (κ2) is 10.5. The maximum atomic E-state index is 12.8. The summed E-state index contributed by atoms with van der Waals surface area (Å²) >= 11 is 0. The first-order valence-corrected chi connectivity index (χ1v) is 9.80. The van der Waals surface area contributed by atoms with E-state index in [-0.39, 0.29) is 37.1 Å². The van der Waals surface area contributed by atoms with Gasteiger partial charge in [-0.3, -0.25) is 14.5 Å². The molecule has 28 heavy (non-hydrogen) atoms. The Bertz CT molecular complexity index is 670. The Kier molecular flexibility index (Phi) is 8.41. The van der Waals surface area contributed by atoms with Gasteiger partial charge in [0, 0.05) is 32.4 Å². The lowest BCUT2D eigenvalue weighted by Crippen LogP contribution is -2.52. The van der Waals surface area contributed by atoms with Gasteiger partial charge in [-0.15, -0.1) is 0 Å². The summed E-state index contributed by atoms with van der Waals surface area (Å²) in [5, 5.41) is 2.96. The molecule has 2 amide bonds. The van der Waals surface area contributed by atoms with Crippen molar-refractivity contribution in [3.8, 4) is 0 Å². The van der Waals surface area contributed by atoms with Crippen molar-refractivity contribution in [2.45, 2.75) is 39.9 Å². The first-order valence-electron chi connectivity index (χ1n) is 9.80. The molecule has 0 bridgehead atoms. The number of ether oxygens (including phenoxy) is 2. The largest absolute Gasteiger partial charge is 0.383 e. The highest BCUT2D eigenvalue weighted by molar-refractivity contribution is 5.93. The molecule has 2 unspecified atom stereocenters. The smallest absolute Gasteiger partial charge is 0.238 e. The molecule has 1 aromatic rings. The first-order chi connectivity index (χ1) is 13.3. The van der Waals surface area contributed by atoms with E-state index in [2.05, 4.69) is 5.32 Å². The van der Waals surface area contributed by atoms with Gasteiger partial charge in [0.2, 0.25) is 11.8 Å². The van der Waals surface area contributed by atoms with Gasteiger partial charge in [-0.25, -0.2) is 0 Å². The van der Waals surface area contributed by atoms with E-state index in [0.717, 1.165) is 16.8 Å².